The minimum absolute atomic E-state index is 0.000201. The first-order valence-corrected chi connectivity index (χ1v) is 13.1. The van der Waals surface area contributed by atoms with Crippen LogP contribution in [0.4, 0.5) is 0 Å². The summed E-state index contributed by atoms with van der Waals surface area (Å²) in [4.78, 5) is 35.5. The summed E-state index contributed by atoms with van der Waals surface area (Å²) < 4.78 is 13.4. The maximum absolute atomic E-state index is 13.2. The van der Waals surface area contributed by atoms with E-state index in [4.69, 9.17) is 9.47 Å². The molecule has 4 aromatic rings. The van der Waals surface area contributed by atoms with Crippen molar-refractivity contribution < 1.29 is 19.1 Å². The number of ether oxygens (including phenoxy) is 2. The lowest BCUT2D eigenvalue weighted by Crippen LogP contribution is -2.37. The Morgan fingerprint density at radius 3 is 2.80 bits per heavy atom. The smallest absolute Gasteiger partial charge is 0.264 e. The molecule has 1 aliphatic rings. The number of thiophene rings is 2. The van der Waals surface area contributed by atoms with Crippen molar-refractivity contribution in [1.29, 1.82) is 0 Å². The van der Waals surface area contributed by atoms with Gasteiger partial charge in [0.05, 0.1) is 33.3 Å². The number of carbonyl (C=O) groups is 2. The third-order valence-electron chi connectivity index (χ3n) is 6.27. The zero-order valence-corrected chi connectivity index (χ0v) is 21.8. The van der Waals surface area contributed by atoms with E-state index in [9.17, 15) is 9.59 Å². The van der Waals surface area contributed by atoms with Gasteiger partial charge in [-0.05, 0) is 44.0 Å². The Hall–Kier alpha value is -3.01. The second kappa shape index (κ2) is 9.56. The van der Waals surface area contributed by atoms with E-state index in [1.165, 1.54) is 11.3 Å². The fourth-order valence-electron chi connectivity index (χ4n) is 4.59. The Bertz CT molecular complexity index is 1430. The average molecular weight is 510 g/mol. The highest BCUT2D eigenvalue weighted by molar-refractivity contribution is 7.21. The lowest BCUT2D eigenvalue weighted by Gasteiger charge is -2.23. The lowest BCUT2D eigenvalue weighted by atomic mass is 10.1. The zero-order chi connectivity index (χ0) is 24.7. The number of fused-ring (bicyclic) bond motifs is 2. The highest BCUT2D eigenvalue weighted by Gasteiger charge is 2.30. The number of pyridine rings is 1. The lowest BCUT2D eigenvalue weighted by molar-refractivity contribution is 0.0635. The molecule has 7 nitrogen and oxygen atoms in total. The van der Waals surface area contributed by atoms with Crippen molar-refractivity contribution in [2.75, 3.05) is 34.4 Å². The van der Waals surface area contributed by atoms with Crippen LogP contribution in [-0.2, 0) is 4.74 Å². The van der Waals surface area contributed by atoms with Crippen molar-refractivity contribution >= 4 is 54.8 Å². The Labute approximate surface area is 211 Å². The van der Waals surface area contributed by atoms with Crippen LogP contribution in [0.25, 0.3) is 20.3 Å². The highest BCUT2D eigenvalue weighted by Crippen LogP contribution is 2.39. The summed E-state index contributed by atoms with van der Waals surface area (Å²) in [5, 5.41) is 0.929. The molecule has 0 aliphatic carbocycles. The number of carbonyl (C=O) groups excluding carboxylic acids is 2. The molecule has 1 atom stereocenters. The topological polar surface area (TPSA) is 72.0 Å². The van der Waals surface area contributed by atoms with Gasteiger partial charge in [0.15, 0.2) is 0 Å². The van der Waals surface area contributed by atoms with Gasteiger partial charge in [0.1, 0.15) is 11.5 Å². The minimum Gasteiger partial charge on any atom is -0.456 e. The summed E-state index contributed by atoms with van der Waals surface area (Å²) in [6.07, 6.45) is 3.65. The molecule has 9 heteroatoms. The molecule has 3 aromatic heterocycles. The van der Waals surface area contributed by atoms with Gasteiger partial charge in [0.2, 0.25) is 0 Å². The van der Waals surface area contributed by atoms with Gasteiger partial charge in [-0.3, -0.25) is 14.6 Å². The number of rotatable bonds is 6. The Morgan fingerprint density at radius 1 is 1.20 bits per heavy atom. The molecule has 1 fully saturated rings. The van der Waals surface area contributed by atoms with Crippen molar-refractivity contribution in [3.63, 3.8) is 0 Å². The van der Waals surface area contributed by atoms with Gasteiger partial charge in [-0.2, -0.15) is 0 Å². The van der Waals surface area contributed by atoms with Crippen molar-refractivity contribution in [1.82, 2.24) is 14.8 Å². The molecule has 5 rings (SSSR count). The molecule has 35 heavy (non-hydrogen) atoms. The number of aromatic nitrogens is 1. The van der Waals surface area contributed by atoms with Gasteiger partial charge in [0, 0.05) is 55.0 Å². The van der Waals surface area contributed by atoms with Crippen LogP contribution in [0.2, 0.25) is 0 Å². The maximum Gasteiger partial charge on any atom is 0.264 e. The van der Waals surface area contributed by atoms with E-state index in [1.807, 2.05) is 42.2 Å². The molecule has 0 unspecified atom stereocenters. The quantitative estimate of drug-likeness (QED) is 0.340. The predicted molar refractivity (Wildman–Crippen MR) is 140 cm³/mol. The van der Waals surface area contributed by atoms with Gasteiger partial charge in [-0.25, -0.2) is 0 Å². The fraction of sp³-hybridized carbons (Fsp3) is 0.346. The summed E-state index contributed by atoms with van der Waals surface area (Å²) in [6, 6.07) is 9.57. The van der Waals surface area contributed by atoms with Crippen LogP contribution < -0.4 is 4.74 Å². The molecule has 1 aliphatic heterocycles. The largest absolute Gasteiger partial charge is 0.456 e. The van der Waals surface area contributed by atoms with E-state index >= 15 is 0 Å². The summed E-state index contributed by atoms with van der Waals surface area (Å²) in [5.74, 6) is 1.36. The summed E-state index contributed by atoms with van der Waals surface area (Å²) in [6.45, 7) is 3.27. The molecule has 2 amide bonds. The maximum atomic E-state index is 13.2. The average Bonchev–Trinajstić information content (AvgIpc) is 3.55. The molecule has 0 N–H and O–H groups in total. The molecular formula is C26H27N3O4S2. The molecule has 0 saturated carbocycles. The van der Waals surface area contributed by atoms with Crippen molar-refractivity contribution in [3.8, 4) is 11.5 Å². The van der Waals surface area contributed by atoms with Crippen LogP contribution >= 0.6 is 22.7 Å². The first-order chi connectivity index (χ1) is 16.9. The van der Waals surface area contributed by atoms with Gasteiger partial charge in [-0.1, -0.05) is 0 Å². The van der Waals surface area contributed by atoms with Crippen LogP contribution in [0.3, 0.4) is 0 Å². The number of aryl methyl sites for hydroxylation is 1. The van der Waals surface area contributed by atoms with Crippen molar-refractivity contribution in [2.45, 2.75) is 25.8 Å². The number of amides is 2. The molecule has 1 aromatic carbocycles. The molecule has 0 radical (unpaired) electrons. The molecule has 4 heterocycles. The second-order valence-electron chi connectivity index (χ2n) is 8.88. The van der Waals surface area contributed by atoms with Gasteiger partial charge in [0.25, 0.3) is 11.8 Å². The predicted octanol–water partition coefficient (Wildman–Crippen LogP) is 5.56. The van der Waals surface area contributed by atoms with E-state index < -0.39 is 0 Å². The van der Waals surface area contributed by atoms with Crippen molar-refractivity contribution in [3.05, 3.63) is 51.8 Å². The Morgan fingerprint density at radius 2 is 2.03 bits per heavy atom. The first kappa shape index (κ1) is 23.7. The van der Waals surface area contributed by atoms with E-state index in [0.717, 1.165) is 50.1 Å². The number of hydrogen-bond donors (Lipinski definition) is 0. The SMILES string of the molecule is COC[C@@H]1CCCN1C(=O)c1cc2nccc(Oc3ccc4c(C(=O)N(C)C)c(C)sc4c3)c2s1. The molecule has 182 valence electrons. The molecule has 0 bridgehead atoms. The third kappa shape index (κ3) is 4.39. The van der Waals surface area contributed by atoms with Gasteiger partial charge >= 0.3 is 0 Å². The Kier molecular flexibility index (Phi) is 6.48. The first-order valence-electron chi connectivity index (χ1n) is 11.5. The van der Waals surface area contributed by atoms with Gasteiger partial charge < -0.3 is 19.3 Å². The fourth-order valence-corrected chi connectivity index (χ4v) is 6.70. The summed E-state index contributed by atoms with van der Waals surface area (Å²) in [5.41, 5.74) is 1.48. The van der Waals surface area contributed by atoms with Crippen LogP contribution in [-0.4, -0.2) is 67.0 Å². The number of nitrogens with zero attached hydrogens (tertiary/aromatic N) is 3. The Balaban J connectivity index is 1.44. The standard InChI is InChI=1S/C26H27N3O4S2/c1-15-23(26(31)28(2)3)18-8-7-17(12-21(18)34-15)33-20-9-10-27-19-13-22(35-24(19)20)25(30)29-11-5-6-16(29)14-32-4/h7-10,12-13,16H,5-6,11,14H2,1-4H3/t16-/m0/s1. The van der Waals surface area contributed by atoms with Gasteiger partial charge in [-0.15, -0.1) is 22.7 Å². The summed E-state index contributed by atoms with van der Waals surface area (Å²) >= 11 is 2.99. The normalized spacial score (nSPS) is 15.8. The van der Waals surface area contributed by atoms with Crippen LogP contribution in [0.5, 0.6) is 11.5 Å². The third-order valence-corrected chi connectivity index (χ3v) is 8.46. The number of benzene rings is 1. The molecular weight excluding hydrogens is 482 g/mol. The second-order valence-corrected chi connectivity index (χ2v) is 11.2. The molecule has 0 spiro atoms. The van der Waals surface area contributed by atoms with Crippen LogP contribution in [0.15, 0.2) is 36.5 Å². The monoisotopic (exact) mass is 509 g/mol. The van der Waals surface area contributed by atoms with E-state index in [0.29, 0.717) is 23.0 Å². The number of likely N-dealkylation sites (tertiary alicyclic amines) is 1. The minimum atomic E-state index is -0.000201. The zero-order valence-electron chi connectivity index (χ0n) is 20.2. The number of methoxy groups -OCH3 is 1. The van der Waals surface area contributed by atoms with Crippen LogP contribution in [0, 0.1) is 6.92 Å². The highest BCUT2D eigenvalue weighted by atomic mass is 32.1. The summed E-state index contributed by atoms with van der Waals surface area (Å²) in [7, 11) is 5.20. The van der Waals surface area contributed by atoms with E-state index in [-0.39, 0.29) is 17.9 Å². The van der Waals surface area contributed by atoms with Crippen LogP contribution in [0.1, 0.15) is 37.7 Å². The van der Waals surface area contributed by atoms with Crippen molar-refractivity contribution in [2.24, 2.45) is 0 Å². The van der Waals surface area contributed by atoms with E-state index in [2.05, 4.69) is 4.98 Å². The number of hydrogen-bond acceptors (Lipinski definition) is 7. The van der Waals surface area contributed by atoms with E-state index in [1.54, 1.807) is 43.6 Å². The molecule has 1 saturated heterocycles.